The number of nitrogens with zero attached hydrogens (tertiary/aromatic N) is 3. The number of ether oxygens (including phenoxy) is 1. The maximum atomic E-state index is 12.8. The Morgan fingerprint density at radius 2 is 1.90 bits per heavy atom. The molecule has 0 saturated heterocycles. The second-order valence-electron chi connectivity index (χ2n) is 7.14. The highest BCUT2D eigenvalue weighted by Crippen LogP contribution is 2.16. The average molecular weight is 398 g/mol. The van der Waals surface area contributed by atoms with E-state index in [1.807, 2.05) is 13.8 Å². The Kier molecular flexibility index (Phi) is 5.76. The lowest BCUT2D eigenvalue weighted by atomic mass is 10.1. The molecule has 3 aromatic rings. The SMILES string of the molecule is Cc1cc(NC(=O)C(C)OC(=O)c2nn(CC(C)C)c(=O)c3ccccc23)on1. The first-order chi connectivity index (χ1) is 13.8. The van der Waals surface area contributed by atoms with Crippen molar-refractivity contribution in [2.75, 3.05) is 5.32 Å². The lowest BCUT2D eigenvalue weighted by molar-refractivity contribution is -0.123. The molecule has 3 rings (SSSR count). The van der Waals surface area contributed by atoms with E-state index in [2.05, 4.69) is 15.6 Å². The molecule has 0 aliphatic heterocycles. The summed E-state index contributed by atoms with van der Waals surface area (Å²) in [6.07, 6.45) is -1.11. The van der Waals surface area contributed by atoms with Gasteiger partial charge in [-0.2, -0.15) is 5.10 Å². The molecule has 0 radical (unpaired) electrons. The number of rotatable bonds is 6. The molecule has 1 amide bonds. The minimum Gasteiger partial charge on any atom is -0.448 e. The number of carbonyl (C=O) groups is 2. The van der Waals surface area contributed by atoms with Gasteiger partial charge in [-0.1, -0.05) is 37.2 Å². The summed E-state index contributed by atoms with van der Waals surface area (Å²) >= 11 is 0. The quantitative estimate of drug-likeness (QED) is 0.634. The molecular weight excluding hydrogens is 376 g/mol. The van der Waals surface area contributed by atoms with Crippen LogP contribution >= 0.6 is 0 Å². The number of esters is 1. The summed E-state index contributed by atoms with van der Waals surface area (Å²) in [6, 6.07) is 8.23. The molecule has 0 saturated carbocycles. The van der Waals surface area contributed by atoms with Gasteiger partial charge in [-0.05, 0) is 25.8 Å². The van der Waals surface area contributed by atoms with Crippen LogP contribution in [0.4, 0.5) is 5.88 Å². The van der Waals surface area contributed by atoms with Crippen molar-refractivity contribution in [3.63, 3.8) is 0 Å². The van der Waals surface area contributed by atoms with Gasteiger partial charge in [0.1, 0.15) is 0 Å². The third-order valence-electron chi connectivity index (χ3n) is 4.13. The smallest absolute Gasteiger partial charge is 0.360 e. The van der Waals surface area contributed by atoms with Gasteiger partial charge in [0.05, 0.1) is 11.1 Å². The summed E-state index contributed by atoms with van der Waals surface area (Å²) in [6.45, 7) is 7.39. The van der Waals surface area contributed by atoms with Crippen molar-refractivity contribution in [2.24, 2.45) is 5.92 Å². The van der Waals surface area contributed by atoms with Gasteiger partial charge in [-0.3, -0.25) is 14.9 Å². The Morgan fingerprint density at radius 1 is 1.21 bits per heavy atom. The van der Waals surface area contributed by atoms with E-state index in [0.29, 0.717) is 23.0 Å². The standard InChI is InChI=1S/C20H22N4O5/c1-11(2)10-24-19(26)15-8-6-5-7-14(15)17(22-24)20(27)28-13(4)18(25)21-16-9-12(3)23-29-16/h5-9,11,13H,10H2,1-4H3,(H,21,25). The molecule has 0 fully saturated rings. The fraction of sp³-hybridized carbons (Fsp3) is 0.350. The van der Waals surface area contributed by atoms with E-state index in [9.17, 15) is 14.4 Å². The van der Waals surface area contributed by atoms with Crippen LogP contribution in [0.25, 0.3) is 10.8 Å². The molecule has 2 heterocycles. The zero-order valence-electron chi connectivity index (χ0n) is 16.6. The number of benzene rings is 1. The maximum absolute atomic E-state index is 12.8. The minimum atomic E-state index is -1.11. The predicted molar refractivity (Wildman–Crippen MR) is 106 cm³/mol. The van der Waals surface area contributed by atoms with E-state index in [0.717, 1.165) is 0 Å². The molecule has 0 aliphatic rings. The van der Waals surface area contributed by atoms with Crippen LogP contribution in [0.3, 0.4) is 0 Å². The fourth-order valence-corrected chi connectivity index (χ4v) is 2.77. The molecule has 0 bridgehead atoms. The largest absolute Gasteiger partial charge is 0.448 e. The average Bonchev–Trinajstić information content (AvgIpc) is 3.08. The summed E-state index contributed by atoms with van der Waals surface area (Å²) < 4.78 is 11.5. The van der Waals surface area contributed by atoms with Crippen LogP contribution in [0, 0.1) is 12.8 Å². The molecule has 0 spiro atoms. The lowest BCUT2D eigenvalue weighted by Gasteiger charge is -2.15. The van der Waals surface area contributed by atoms with Crippen molar-refractivity contribution < 1.29 is 18.8 Å². The molecule has 1 atom stereocenters. The summed E-state index contributed by atoms with van der Waals surface area (Å²) in [5.74, 6) is -1.06. The molecule has 29 heavy (non-hydrogen) atoms. The maximum Gasteiger partial charge on any atom is 0.360 e. The van der Waals surface area contributed by atoms with Gasteiger partial charge in [0.15, 0.2) is 11.8 Å². The Balaban J connectivity index is 1.87. The third-order valence-corrected chi connectivity index (χ3v) is 4.13. The number of nitrogens with one attached hydrogen (secondary N) is 1. The number of aromatic nitrogens is 3. The van der Waals surface area contributed by atoms with Gasteiger partial charge in [0.25, 0.3) is 11.5 Å². The number of amides is 1. The predicted octanol–water partition coefficient (Wildman–Crippen LogP) is 2.53. The summed E-state index contributed by atoms with van der Waals surface area (Å²) in [5, 5.41) is 11.1. The monoisotopic (exact) mass is 398 g/mol. The summed E-state index contributed by atoms with van der Waals surface area (Å²) in [7, 11) is 0. The van der Waals surface area contributed by atoms with Crippen LogP contribution in [-0.2, 0) is 16.1 Å². The van der Waals surface area contributed by atoms with Crippen molar-refractivity contribution in [2.45, 2.75) is 40.3 Å². The van der Waals surface area contributed by atoms with Gasteiger partial charge < -0.3 is 9.26 Å². The zero-order valence-corrected chi connectivity index (χ0v) is 16.6. The zero-order chi connectivity index (χ0) is 21.1. The van der Waals surface area contributed by atoms with E-state index in [-0.39, 0.29) is 23.1 Å². The van der Waals surface area contributed by atoms with Crippen LogP contribution in [0.15, 0.2) is 39.6 Å². The first kappa shape index (κ1) is 20.2. The molecule has 2 aromatic heterocycles. The number of carbonyl (C=O) groups excluding carboxylic acids is 2. The first-order valence-corrected chi connectivity index (χ1v) is 9.21. The van der Waals surface area contributed by atoms with Crippen molar-refractivity contribution in [1.82, 2.24) is 14.9 Å². The minimum absolute atomic E-state index is 0.0176. The molecule has 1 aromatic carbocycles. The molecular formula is C20H22N4O5. The van der Waals surface area contributed by atoms with Gasteiger partial charge in [0, 0.05) is 18.0 Å². The molecule has 0 aliphatic carbocycles. The Bertz CT molecular complexity index is 1120. The van der Waals surface area contributed by atoms with Crippen molar-refractivity contribution in [1.29, 1.82) is 0 Å². The van der Waals surface area contributed by atoms with Crippen LogP contribution in [-0.4, -0.2) is 32.9 Å². The van der Waals surface area contributed by atoms with E-state index >= 15 is 0 Å². The molecule has 1 unspecified atom stereocenters. The molecule has 152 valence electrons. The molecule has 1 N–H and O–H groups in total. The van der Waals surface area contributed by atoms with Gasteiger partial charge in [-0.25, -0.2) is 9.48 Å². The Hall–Kier alpha value is -3.49. The van der Waals surface area contributed by atoms with Crippen molar-refractivity contribution >= 4 is 28.5 Å². The normalized spacial score (nSPS) is 12.2. The molecule has 9 nitrogen and oxygen atoms in total. The molecule has 9 heteroatoms. The first-order valence-electron chi connectivity index (χ1n) is 9.21. The Morgan fingerprint density at radius 3 is 2.52 bits per heavy atom. The van der Waals surface area contributed by atoms with Gasteiger partial charge >= 0.3 is 5.97 Å². The summed E-state index contributed by atoms with van der Waals surface area (Å²) in [4.78, 5) is 37.7. The lowest BCUT2D eigenvalue weighted by Crippen LogP contribution is -2.32. The van der Waals surface area contributed by atoms with E-state index in [1.54, 1.807) is 37.3 Å². The van der Waals surface area contributed by atoms with Gasteiger partial charge in [-0.15, -0.1) is 0 Å². The number of anilines is 1. The van der Waals surface area contributed by atoms with E-state index in [4.69, 9.17) is 9.26 Å². The Labute approximate surface area is 166 Å². The number of hydrogen-bond donors (Lipinski definition) is 1. The highest BCUT2D eigenvalue weighted by molar-refractivity contribution is 6.03. The second-order valence-corrected chi connectivity index (χ2v) is 7.14. The van der Waals surface area contributed by atoms with Crippen molar-refractivity contribution in [3.8, 4) is 0 Å². The van der Waals surface area contributed by atoms with Crippen LogP contribution < -0.4 is 10.9 Å². The van der Waals surface area contributed by atoms with Crippen LogP contribution in [0.2, 0.25) is 0 Å². The highest BCUT2D eigenvalue weighted by atomic mass is 16.5. The van der Waals surface area contributed by atoms with E-state index < -0.39 is 18.0 Å². The highest BCUT2D eigenvalue weighted by Gasteiger charge is 2.24. The van der Waals surface area contributed by atoms with Crippen LogP contribution in [0.1, 0.15) is 37.0 Å². The summed E-state index contributed by atoms with van der Waals surface area (Å²) in [5.41, 5.74) is 0.307. The fourth-order valence-electron chi connectivity index (χ4n) is 2.77. The van der Waals surface area contributed by atoms with E-state index in [1.165, 1.54) is 11.6 Å². The topological polar surface area (TPSA) is 116 Å². The third kappa shape index (κ3) is 4.50. The number of hydrogen-bond acceptors (Lipinski definition) is 7. The number of aryl methyl sites for hydroxylation is 1. The van der Waals surface area contributed by atoms with Crippen molar-refractivity contribution in [3.05, 3.63) is 52.1 Å². The number of fused-ring (bicyclic) bond motifs is 1. The second kappa shape index (κ2) is 8.26. The van der Waals surface area contributed by atoms with Gasteiger partial charge in [0.2, 0.25) is 5.88 Å². The van der Waals surface area contributed by atoms with Crippen LogP contribution in [0.5, 0.6) is 0 Å².